The SMILES string of the molecule is Cc1cn2c3c(sc2n1)CCC3C(=O)O. The molecule has 15 heavy (non-hydrogen) atoms. The van der Waals surface area contributed by atoms with Crippen molar-refractivity contribution < 1.29 is 9.90 Å². The molecule has 1 atom stereocenters. The summed E-state index contributed by atoms with van der Waals surface area (Å²) in [6.07, 6.45) is 3.52. The molecule has 0 spiro atoms. The Labute approximate surface area is 90.2 Å². The fourth-order valence-electron chi connectivity index (χ4n) is 2.21. The predicted molar refractivity (Wildman–Crippen MR) is 56.5 cm³/mol. The summed E-state index contributed by atoms with van der Waals surface area (Å²) >= 11 is 1.62. The van der Waals surface area contributed by atoms with E-state index in [0.717, 1.165) is 29.2 Å². The lowest BCUT2D eigenvalue weighted by molar-refractivity contribution is -0.138. The van der Waals surface area contributed by atoms with Crippen LogP contribution in [0.15, 0.2) is 6.20 Å². The summed E-state index contributed by atoms with van der Waals surface area (Å²) in [6, 6.07) is 0. The van der Waals surface area contributed by atoms with Crippen molar-refractivity contribution >= 4 is 22.3 Å². The van der Waals surface area contributed by atoms with Gasteiger partial charge in [-0.3, -0.25) is 9.20 Å². The van der Waals surface area contributed by atoms with E-state index in [1.807, 2.05) is 17.5 Å². The van der Waals surface area contributed by atoms with Gasteiger partial charge in [0, 0.05) is 11.1 Å². The summed E-state index contributed by atoms with van der Waals surface area (Å²) in [5, 5.41) is 9.12. The standard InChI is InChI=1S/C10H10N2O2S/c1-5-4-12-8-6(9(13)14)2-3-7(8)15-10(12)11-5/h4,6H,2-3H2,1H3,(H,13,14). The number of aliphatic carboxylic acids is 1. The van der Waals surface area contributed by atoms with Crippen molar-refractivity contribution in [3.63, 3.8) is 0 Å². The van der Waals surface area contributed by atoms with Crippen LogP contribution in [0.1, 0.15) is 28.6 Å². The summed E-state index contributed by atoms with van der Waals surface area (Å²) in [5.41, 5.74) is 1.89. The van der Waals surface area contributed by atoms with Gasteiger partial charge in [-0.1, -0.05) is 0 Å². The molecule has 0 saturated heterocycles. The second kappa shape index (κ2) is 2.82. The molecular weight excluding hydrogens is 212 g/mol. The highest BCUT2D eigenvalue weighted by Crippen LogP contribution is 2.38. The monoisotopic (exact) mass is 222 g/mol. The number of hydrogen-bond donors (Lipinski definition) is 1. The number of nitrogens with zero attached hydrogens (tertiary/aromatic N) is 2. The lowest BCUT2D eigenvalue weighted by Gasteiger charge is -2.03. The topological polar surface area (TPSA) is 54.6 Å². The number of thiazole rings is 1. The number of hydrogen-bond acceptors (Lipinski definition) is 3. The molecule has 0 amide bonds. The van der Waals surface area contributed by atoms with Crippen molar-refractivity contribution in [3.05, 3.63) is 22.5 Å². The second-order valence-corrected chi connectivity index (χ2v) is 4.94. The average molecular weight is 222 g/mol. The lowest BCUT2D eigenvalue weighted by Crippen LogP contribution is -2.09. The maximum atomic E-state index is 11.1. The minimum absolute atomic E-state index is 0.345. The molecule has 0 saturated carbocycles. The van der Waals surface area contributed by atoms with E-state index in [-0.39, 0.29) is 5.92 Å². The van der Waals surface area contributed by atoms with Crippen molar-refractivity contribution in [2.75, 3.05) is 0 Å². The molecule has 2 aromatic rings. The summed E-state index contributed by atoms with van der Waals surface area (Å²) < 4.78 is 1.95. The zero-order valence-corrected chi connectivity index (χ0v) is 9.04. The Morgan fingerprint density at radius 3 is 3.27 bits per heavy atom. The molecule has 0 bridgehead atoms. The maximum absolute atomic E-state index is 11.1. The van der Waals surface area contributed by atoms with Gasteiger partial charge in [0.25, 0.3) is 0 Å². The molecule has 3 rings (SSSR count). The van der Waals surface area contributed by atoms with Crippen LogP contribution in [0.2, 0.25) is 0 Å². The van der Waals surface area contributed by atoms with E-state index in [4.69, 9.17) is 5.11 Å². The van der Waals surface area contributed by atoms with Crippen LogP contribution in [0.25, 0.3) is 4.96 Å². The first-order valence-corrected chi connectivity index (χ1v) is 5.68. The Morgan fingerprint density at radius 1 is 1.73 bits per heavy atom. The Balaban J connectivity index is 2.27. The molecular formula is C10H10N2O2S. The zero-order chi connectivity index (χ0) is 10.6. The number of aromatic nitrogens is 2. The molecule has 78 valence electrons. The van der Waals surface area contributed by atoms with Crippen molar-refractivity contribution in [3.8, 4) is 0 Å². The first kappa shape index (κ1) is 8.91. The quantitative estimate of drug-likeness (QED) is 0.800. The fraction of sp³-hybridized carbons (Fsp3) is 0.400. The molecule has 1 N–H and O–H groups in total. The Hall–Kier alpha value is -1.36. The number of imidazole rings is 1. The molecule has 0 aromatic carbocycles. The van der Waals surface area contributed by atoms with Crippen LogP contribution in [0.5, 0.6) is 0 Å². The Morgan fingerprint density at radius 2 is 2.53 bits per heavy atom. The van der Waals surface area contributed by atoms with Gasteiger partial charge in [0.1, 0.15) is 0 Å². The van der Waals surface area contributed by atoms with Crippen LogP contribution in [0.4, 0.5) is 0 Å². The van der Waals surface area contributed by atoms with E-state index in [0.29, 0.717) is 0 Å². The van der Waals surface area contributed by atoms with Crippen LogP contribution in [0, 0.1) is 6.92 Å². The Kier molecular flexibility index (Phi) is 1.68. The third-order valence-electron chi connectivity index (χ3n) is 2.84. The highest BCUT2D eigenvalue weighted by Gasteiger charge is 2.33. The van der Waals surface area contributed by atoms with Crippen LogP contribution < -0.4 is 0 Å². The predicted octanol–water partition coefficient (Wildman–Crippen LogP) is 1.82. The first-order valence-electron chi connectivity index (χ1n) is 4.87. The third kappa shape index (κ3) is 1.13. The molecule has 1 unspecified atom stereocenters. The van der Waals surface area contributed by atoms with E-state index < -0.39 is 5.97 Å². The highest BCUT2D eigenvalue weighted by atomic mass is 32.1. The molecule has 1 aliphatic rings. The maximum Gasteiger partial charge on any atom is 0.312 e. The summed E-state index contributed by atoms with van der Waals surface area (Å²) in [5.74, 6) is -1.07. The minimum atomic E-state index is -0.722. The second-order valence-electron chi connectivity index (χ2n) is 3.87. The Bertz CT molecular complexity index is 555. The minimum Gasteiger partial charge on any atom is -0.481 e. The zero-order valence-electron chi connectivity index (χ0n) is 8.23. The molecule has 0 radical (unpaired) electrons. The van der Waals surface area contributed by atoms with Gasteiger partial charge in [0.05, 0.1) is 17.3 Å². The van der Waals surface area contributed by atoms with E-state index in [2.05, 4.69) is 4.98 Å². The van der Waals surface area contributed by atoms with Gasteiger partial charge in [-0.25, -0.2) is 4.98 Å². The van der Waals surface area contributed by atoms with Crippen LogP contribution in [0.3, 0.4) is 0 Å². The summed E-state index contributed by atoms with van der Waals surface area (Å²) in [6.45, 7) is 1.93. The lowest BCUT2D eigenvalue weighted by atomic mass is 10.1. The van der Waals surface area contributed by atoms with E-state index in [1.54, 1.807) is 11.3 Å². The van der Waals surface area contributed by atoms with Gasteiger partial charge in [0.2, 0.25) is 0 Å². The largest absolute Gasteiger partial charge is 0.481 e. The van der Waals surface area contributed by atoms with Crippen LogP contribution in [-0.2, 0) is 11.2 Å². The molecule has 5 heteroatoms. The van der Waals surface area contributed by atoms with Crippen LogP contribution >= 0.6 is 11.3 Å². The fourth-order valence-corrected chi connectivity index (χ4v) is 3.44. The number of aryl methyl sites for hydroxylation is 2. The van der Waals surface area contributed by atoms with Crippen molar-refractivity contribution in [1.29, 1.82) is 0 Å². The van der Waals surface area contributed by atoms with Crippen molar-refractivity contribution in [2.24, 2.45) is 0 Å². The number of carboxylic acids is 1. The average Bonchev–Trinajstić information content (AvgIpc) is 2.73. The first-order chi connectivity index (χ1) is 7.16. The van der Waals surface area contributed by atoms with E-state index in [1.165, 1.54) is 4.88 Å². The third-order valence-corrected chi connectivity index (χ3v) is 3.97. The summed E-state index contributed by atoms with van der Waals surface area (Å²) in [7, 11) is 0. The molecule has 2 heterocycles. The van der Waals surface area contributed by atoms with Gasteiger partial charge >= 0.3 is 5.97 Å². The van der Waals surface area contributed by atoms with Gasteiger partial charge in [0.15, 0.2) is 4.96 Å². The number of carbonyl (C=O) groups is 1. The van der Waals surface area contributed by atoms with E-state index >= 15 is 0 Å². The smallest absolute Gasteiger partial charge is 0.312 e. The molecule has 4 nitrogen and oxygen atoms in total. The van der Waals surface area contributed by atoms with Crippen molar-refractivity contribution in [1.82, 2.24) is 9.38 Å². The van der Waals surface area contributed by atoms with Crippen LogP contribution in [-0.4, -0.2) is 20.5 Å². The van der Waals surface area contributed by atoms with Gasteiger partial charge in [-0.2, -0.15) is 0 Å². The summed E-state index contributed by atoms with van der Waals surface area (Å²) in [4.78, 5) is 17.5. The van der Waals surface area contributed by atoms with E-state index in [9.17, 15) is 4.79 Å². The highest BCUT2D eigenvalue weighted by molar-refractivity contribution is 7.17. The normalized spacial score (nSPS) is 19.7. The number of carboxylic acid groups (broad SMARTS) is 1. The van der Waals surface area contributed by atoms with Gasteiger partial charge in [-0.05, 0) is 19.8 Å². The number of rotatable bonds is 1. The number of fused-ring (bicyclic) bond motifs is 3. The molecule has 2 aromatic heterocycles. The van der Waals surface area contributed by atoms with Crippen molar-refractivity contribution in [2.45, 2.75) is 25.7 Å². The van der Waals surface area contributed by atoms with Gasteiger partial charge in [-0.15, -0.1) is 11.3 Å². The molecule has 1 aliphatic carbocycles. The molecule has 0 fully saturated rings. The molecule has 0 aliphatic heterocycles. The van der Waals surface area contributed by atoms with Gasteiger partial charge < -0.3 is 5.11 Å².